The smallest absolute Gasteiger partial charge is 0.244 e. The van der Waals surface area contributed by atoms with Gasteiger partial charge in [-0.25, -0.2) is 0 Å². The molecule has 0 bridgehead atoms. The molecule has 18 heavy (non-hydrogen) atoms. The zero-order chi connectivity index (χ0) is 13.2. The summed E-state index contributed by atoms with van der Waals surface area (Å²) in [4.78, 5) is 23.4. The summed E-state index contributed by atoms with van der Waals surface area (Å²) < 4.78 is 0. The van der Waals surface area contributed by atoms with Gasteiger partial charge in [-0.05, 0) is 45.4 Å². The topological polar surface area (TPSA) is 58.2 Å². The molecule has 1 atom stereocenters. The highest BCUT2D eigenvalue weighted by Gasteiger charge is 2.35. The first-order valence-corrected chi connectivity index (χ1v) is 6.19. The fraction of sp³-hybridized carbons (Fsp3) is 0.429. The van der Waals surface area contributed by atoms with Gasteiger partial charge < -0.3 is 10.6 Å². The molecule has 1 aliphatic heterocycles. The van der Waals surface area contributed by atoms with Crippen LogP contribution in [0.5, 0.6) is 0 Å². The predicted octanol–water partition coefficient (Wildman–Crippen LogP) is 1.97. The number of rotatable bonds is 3. The Labute approximate surface area is 107 Å². The second kappa shape index (κ2) is 4.90. The van der Waals surface area contributed by atoms with E-state index in [1.807, 2.05) is 6.92 Å². The number of ketones is 1. The van der Waals surface area contributed by atoms with Crippen molar-refractivity contribution < 1.29 is 9.59 Å². The molecule has 1 aromatic rings. The molecule has 0 radical (unpaired) electrons. The summed E-state index contributed by atoms with van der Waals surface area (Å²) in [7, 11) is 0. The van der Waals surface area contributed by atoms with Gasteiger partial charge in [-0.1, -0.05) is 12.1 Å². The highest BCUT2D eigenvalue weighted by Crippen LogP contribution is 2.21. The first kappa shape index (κ1) is 12.8. The van der Waals surface area contributed by atoms with Gasteiger partial charge in [0, 0.05) is 11.3 Å². The van der Waals surface area contributed by atoms with E-state index in [9.17, 15) is 9.59 Å². The van der Waals surface area contributed by atoms with Crippen molar-refractivity contribution >= 4 is 17.4 Å². The van der Waals surface area contributed by atoms with Crippen LogP contribution in [-0.2, 0) is 4.79 Å². The molecule has 1 fully saturated rings. The monoisotopic (exact) mass is 246 g/mol. The second-order valence-corrected chi connectivity index (χ2v) is 4.95. The Morgan fingerprint density at radius 1 is 1.39 bits per heavy atom. The van der Waals surface area contributed by atoms with Crippen LogP contribution in [0.2, 0.25) is 0 Å². The molecule has 1 unspecified atom stereocenters. The fourth-order valence-corrected chi connectivity index (χ4v) is 2.17. The normalized spacial score (nSPS) is 22.8. The molecule has 2 N–H and O–H groups in total. The number of anilines is 1. The van der Waals surface area contributed by atoms with Crippen molar-refractivity contribution in [3.8, 4) is 0 Å². The quantitative estimate of drug-likeness (QED) is 0.802. The summed E-state index contributed by atoms with van der Waals surface area (Å²) in [6, 6.07) is 7.02. The third kappa shape index (κ3) is 2.59. The van der Waals surface area contributed by atoms with Crippen molar-refractivity contribution in [1.29, 1.82) is 0 Å². The van der Waals surface area contributed by atoms with Crippen LogP contribution in [-0.4, -0.2) is 23.8 Å². The van der Waals surface area contributed by atoms with E-state index in [0.29, 0.717) is 11.3 Å². The van der Waals surface area contributed by atoms with Gasteiger partial charge in [-0.15, -0.1) is 0 Å². The maximum absolute atomic E-state index is 12.2. The molecular formula is C14H18N2O2. The lowest BCUT2D eigenvalue weighted by atomic mass is 9.99. The number of carbonyl (C=O) groups excluding carboxylic acids is 2. The van der Waals surface area contributed by atoms with Gasteiger partial charge >= 0.3 is 0 Å². The Morgan fingerprint density at radius 3 is 2.78 bits per heavy atom. The van der Waals surface area contributed by atoms with Crippen molar-refractivity contribution in [3.63, 3.8) is 0 Å². The van der Waals surface area contributed by atoms with Crippen LogP contribution in [0.15, 0.2) is 24.3 Å². The Morgan fingerprint density at radius 2 is 2.17 bits per heavy atom. The molecule has 96 valence electrons. The minimum Gasteiger partial charge on any atom is -0.324 e. The van der Waals surface area contributed by atoms with Gasteiger partial charge in [0.1, 0.15) is 0 Å². The zero-order valence-electron chi connectivity index (χ0n) is 10.7. The Balaban J connectivity index is 2.11. The first-order valence-electron chi connectivity index (χ1n) is 6.19. The van der Waals surface area contributed by atoms with Gasteiger partial charge in [-0.2, -0.15) is 0 Å². The van der Waals surface area contributed by atoms with Gasteiger partial charge in [-0.3, -0.25) is 9.59 Å². The molecule has 0 aromatic heterocycles. The predicted molar refractivity (Wildman–Crippen MR) is 70.7 cm³/mol. The van der Waals surface area contributed by atoms with Gasteiger partial charge in [0.05, 0.1) is 5.54 Å². The minimum atomic E-state index is -0.494. The molecular weight excluding hydrogens is 228 g/mol. The number of benzene rings is 1. The number of amides is 1. The van der Waals surface area contributed by atoms with Crippen molar-refractivity contribution in [2.24, 2.45) is 0 Å². The molecule has 1 amide bonds. The Bertz CT molecular complexity index is 476. The Hall–Kier alpha value is -1.68. The number of hydrogen-bond acceptors (Lipinski definition) is 3. The minimum absolute atomic E-state index is 0.00342. The summed E-state index contributed by atoms with van der Waals surface area (Å²) in [5.74, 6) is -0.0444. The van der Waals surface area contributed by atoms with E-state index in [1.54, 1.807) is 24.3 Å². The van der Waals surface area contributed by atoms with E-state index in [1.165, 1.54) is 6.92 Å². The maximum Gasteiger partial charge on any atom is 0.244 e. The number of Topliss-reactive ketones (excluding diaryl/α,β-unsaturated/α-hetero) is 1. The molecule has 1 heterocycles. The van der Waals surface area contributed by atoms with E-state index in [-0.39, 0.29) is 11.7 Å². The number of carbonyl (C=O) groups is 2. The van der Waals surface area contributed by atoms with Crippen LogP contribution in [0.4, 0.5) is 5.69 Å². The summed E-state index contributed by atoms with van der Waals surface area (Å²) in [6.07, 6.45) is 1.85. The molecule has 0 aliphatic carbocycles. The largest absolute Gasteiger partial charge is 0.324 e. The lowest BCUT2D eigenvalue weighted by molar-refractivity contribution is -0.121. The first-order chi connectivity index (χ1) is 8.51. The van der Waals surface area contributed by atoms with Crippen LogP contribution < -0.4 is 10.6 Å². The van der Waals surface area contributed by atoms with Crippen LogP contribution in [0, 0.1) is 0 Å². The van der Waals surface area contributed by atoms with E-state index >= 15 is 0 Å². The van der Waals surface area contributed by atoms with E-state index in [4.69, 9.17) is 0 Å². The maximum atomic E-state index is 12.2. The van der Waals surface area contributed by atoms with Gasteiger partial charge in [0.15, 0.2) is 5.78 Å². The van der Waals surface area contributed by atoms with E-state index in [0.717, 1.165) is 19.4 Å². The highest BCUT2D eigenvalue weighted by atomic mass is 16.2. The van der Waals surface area contributed by atoms with Gasteiger partial charge in [0.25, 0.3) is 0 Å². The molecule has 0 saturated carbocycles. The van der Waals surface area contributed by atoms with E-state index in [2.05, 4.69) is 10.6 Å². The van der Waals surface area contributed by atoms with Crippen LogP contribution in [0.25, 0.3) is 0 Å². The number of hydrogen-bond donors (Lipinski definition) is 2. The van der Waals surface area contributed by atoms with Crippen LogP contribution in [0.1, 0.15) is 37.0 Å². The standard InChI is InChI=1S/C14H18N2O2/c1-10(17)11-5-3-6-12(9-11)16-13(18)14(2)7-4-8-15-14/h3,5-6,9,15H,4,7-8H2,1-2H3,(H,16,18). The third-order valence-corrected chi connectivity index (χ3v) is 3.40. The summed E-state index contributed by atoms with van der Waals surface area (Å²) in [6.45, 7) is 4.29. The third-order valence-electron chi connectivity index (χ3n) is 3.40. The average Bonchev–Trinajstić information content (AvgIpc) is 2.78. The molecule has 1 saturated heterocycles. The lowest BCUT2D eigenvalue weighted by Gasteiger charge is -2.23. The number of nitrogens with one attached hydrogen (secondary N) is 2. The summed E-state index contributed by atoms with van der Waals surface area (Å²) in [5.41, 5.74) is 0.784. The zero-order valence-corrected chi connectivity index (χ0v) is 10.7. The summed E-state index contributed by atoms with van der Waals surface area (Å²) >= 11 is 0. The lowest BCUT2D eigenvalue weighted by Crippen LogP contribution is -2.47. The molecule has 4 heteroatoms. The molecule has 1 aliphatic rings. The molecule has 2 rings (SSSR count). The fourth-order valence-electron chi connectivity index (χ4n) is 2.17. The second-order valence-electron chi connectivity index (χ2n) is 4.95. The molecule has 0 spiro atoms. The molecule has 4 nitrogen and oxygen atoms in total. The van der Waals surface area contributed by atoms with Gasteiger partial charge in [0.2, 0.25) is 5.91 Å². The Kier molecular flexibility index (Phi) is 3.48. The van der Waals surface area contributed by atoms with E-state index < -0.39 is 5.54 Å². The summed E-state index contributed by atoms with van der Waals surface area (Å²) in [5, 5.41) is 6.08. The molecule has 1 aromatic carbocycles. The van der Waals surface area contributed by atoms with Crippen molar-refractivity contribution in [2.45, 2.75) is 32.2 Å². The van der Waals surface area contributed by atoms with Crippen molar-refractivity contribution in [3.05, 3.63) is 29.8 Å². The van der Waals surface area contributed by atoms with Crippen LogP contribution >= 0.6 is 0 Å². The van der Waals surface area contributed by atoms with Crippen molar-refractivity contribution in [1.82, 2.24) is 5.32 Å². The average molecular weight is 246 g/mol. The van der Waals surface area contributed by atoms with Crippen LogP contribution in [0.3, 0.4) is 0 Å². The highest BCUT2D eigenvalue weighted by molar-refractivity contribution is 6.00. The SMILES string of the molecule is CC(=O)c1cccc(NC(=O)C2(C)CCCN2)c1. The van der Waals surface area contributed by atoms with Crippen molar-refractivity contribution in [2.75, 3.05) is 11.9 Å².